The summed E-state index contributed by atoms with van der Waals surface area (Å²) in [5.74, 6) is 7.38. The molecule has 1 heterocycles. The SMILES string of the molecule is CCc1ccc(C#Cc2ccc3ncnc(NC(C)c4cccc5ccccc45)c3c2)cc1. The molecule has 1 N–H and O–H groups in total. The van der Waals surface area contributed by atoms with Gasteiger partial charge in [0.25, 0.3) is 0 Å². The molecule has 5 rings (SSSR count). The van der Waals surface area contributed by atoms with Gasteiger partial charge < -0.3 is 5.32 Å². The predicted octanol–water partition coefficient (Wildman–Crippen LogP) is 6.92. The fraction of sp³-hybridized carbons (Fsp3) is 0.133. The van der Waals surface area contributed by atoms with E-state index >= 15 is 0 Å². The van der Waals surface area contributed by atoms with Crippen molar-refractivity contribution in [1.29, 1.82) is 0 Å². The Morgan fingerprint density at radius 2 is 1.55 bits per heavy atom. The molecule has 0 bridgehead atoms. The molecular weight excluding hydrogens is 402 g/mol. The van der Waals surface area contributed by atoms with Crippen molar-refractivity contribution in [2.45, 2.75) is 26.3 Å². The van der Waals surface area contributed by atoms with Crippen LogP contribution in [-0.2, 0) is 6.42 Å². The van der Waals surface area contributed by atoms with Crippen LogP contribution in [0.25, 0.3) is 21.7 Å². The van der Waals surface area contributed by atoms with E-state index < -0.39 is 0 Å². The number of aromatic nitrogens is 2. The Morgan fingerprint density at radius 1 is 0.788 bits per heavy atom. The van der Waals surface area contributed by atoms with Gasteiger partial charge >= 0.3 is 0 Å². The Labute approximate surface area is 194 Å². The second kappa shape index (κ2) is 9.14. The van der Waals surface area contributed by atoms with E-state index in [1.165, 1.54) is 21.9 Å². The Bertz CT molecular complexity index is 1490. The van der Waals surface area contributed by atoms with Crippen LogP contribution in [0.3, 0.4) is 0 Å². The number of aryl methyl sites for hydroxylation is 1. The maximum Gasteiger partial charge on any atom is 0.137 e. The van der Waals surface area contributed by atoms with Crippen molar-refractivity contribution in [3.05, 3.63) is 114 Å². The first-order valence-electron chi connectivity index (χ1n) is 11.3. The monoisotopic (exact) mass is 427 g/mol. The van der Waals surface area contributed by atoms with Gasteiger partial charge in [-0.15, -0.1) is 0 Å². The molecule has 0 saturated heterocycles. The van der Waals surface area contributed by atoms with Crippen LogP contribution < -0.4 is 5.32 Å². The van der Waals surface area contributed by atoms with Crippen LogP contribution in [0, 0.1) is 11.8 Å². The van der Waals surface area contributed by atoms with Gasteiger partial charge in [0, 0.05) is 16.5 Å². The van der Waals surface area contributed by atoms with Gasteiger partial charge in [-0.1, -0.05) is 73.4 Å². The highest BCUT2D eigenvalue weighted by atomic mass is 15.0. The molecular formula is C30H25N3. The standard InChI is InChI=1S/C30H25N3/c1-3-22-11-13-23(14-12-22)15-16-24-17-18-29-28(19-24)30(32-20-31-29)33-21(2)26-10-6-8-25-7-4-5-9-27(25)26/h4-14,17-21H,3H2,1-2H3,(H,31,32,33). The molecule has 33 heavy (non-hydrogen) atoms. The van der Waals surface area contributed by atoms with Crippen LogP contribution in [-0.4, -0.2) is 9.97 Å². The summed E-state index contributed by atoms with van der Waals surface area (Å²) in [5.41, 5.74) is 5.42. The highest BCUT2D eigenvalue weighted by Gasteiger charge is 2.12. The van der Waals surface area contributed by atoms with E-state index in [0.29, 0.717) is 0 Å². The highest BCUT2D eigenvalue weighted by molar-refractivity contribution is 5.91. The zero-order chi connectivity index (χ0) is 22.6. The number of hydrogen-bond donors (Lipinski definition) is 1. The van der Waals surface area contributed by atoms with E-state index in [-0.39, 0.29) is 6.04 Å². The lowest BCUT2D eigenvalue weighted by Crippen LogP contribution is -2.09. The Morgan fingerprint density at radius 3 is 2.39 bits per heavy atom. The van der Waals surface area contributed by atoms with E-state index in [9.17, 15) is 0 Å². The summed E-state index contributed by atoms with van der Waals surface area (Å²) >= 11 is 0. The number of fused-ring (bicyclic) bond motifs is 2. The molecule has 5 aromatic rings. The van der Waals surface area contributed by atoms with E-state index in [0.717, 1.165) is 34.3 Å². The summed E-state index contributed by atoms with van der Waals surface area (Å²) in [5, 5.41) is 7.06. The smallest absolute Gasteiger partial charge is 0.137 e. The fourth-order valence-electron chi connectivity index (χ4n) is 4.13. The topological polar surface area (TPSA) is 37.8 Å². The van der Waals surface area contributed by atoms with Crippen LogP contribution in [0.1, 0.15) is 42.1 Å². The van der Waals surface area contributed by atoms with Crippen LogP contribution in [0.4, 0.5) is 5.82 Å². The maximum atomic E-state index is 4.56. The summed E-state index contributed by atoms with van der Waals surface area (Å²) < 4.78 is 0. The predicted molar refractivity (Wildman–Crippen MR) is 137 cm³/mol. The van der Waals surface area contributed by atoms with Gasteiger partial charge in [0.2, 0.25) is 0 Å². The zero-order valence-electron chi connectivity index (χ0n) is 18.8. The molecule has 3 nitrogen and oxygen atoms in total. The van der Waals surface area contributed by atoms with Gasteiger partial charge in [0.1, 0.15) is 12.1 Å². The van der Waals surface area contributed by atoms with Crippen molar-refractivity contribution in [1.82, 2.24) is 9.97 Å². The van der Waals surface area contributed by atoms with Gasteiger partial charge in [-0.05, 0) is 65.6 Å². The molecule has 1 unspecified atom stereocenters. The normalized spacial score (nSPS) is 11.7. The van der Waals surface area contributed by atoms with E-state index in [1.54, 1.807) is 6.33 Å². The zero-order valence-corrected chi connectivity index (χ0v) is 18.8. The average Bonchev–Trinajstić information content (AvgIpc) is 2.87. The first-order chi connectivity index (χ1) is 16.2. The second-order valence-electron chi connectivity index (χ2n) is 8.19. The molecule has 0 saturated carbocycles. The fourth-order valence-corrected chi connectivity index (χ4v) is 4.13. The Kier molecular flexibility index (Phi) is 5.74. The number of nitrogens with zero attached hydrogens (tertiary/aromatic N) is 2. The minimum Gasteiger partial charge on any atom is -0.363 e. The summed E-state index contributed by atoms with van der Waals surface area (Å²) in [6, 6.07) is 29.5. The van der Waals surface area contributed by atoms with Gasteiger partial charge in [0.05, 0.1) is 11.6 Å². The van der Waals surface area contributed by atoms with Crippen LogP contribution in [0.15, 0.2) is 91.3 Å². The lowest BCUT2D eigenvalue weighted by Gasteiger charge is -2.18. The van der Waals surface area contributed by atoms with E-state index in [1.807, 2.05) is 12.1 Å². The number of benzene rings is 4. The molecule has 3 heteroatoms. The van der Waals surface area contributed by atoms with Gasteiger partial charge in [-0.3, -0.25) is 0 Å². The summed E-state index contributed by atoms with van der Waals surface area (Å²) in [4.78, 5) is 9.01. The molecule has 0 spiro atoms. The number of anilines is 1. The van der Waals surface area contributed by atoms with E-state index in [2.05, 4.69) is 114 Å². The number of nitrogens with one attached hydrogen (secondary N) is 1. The maximum absolute atomic E-state index is 4.56. The first kappa shape index (κ1) is 20.7. The Balaban J connectivity index is 1.47. The molecule has 0 aliphatic carbocycles. The molecule has 0 aliphatic rings. The first-order valence-corrected chi connectivity index (χ1v) is 11.3. The lowest BCUT2D eigenvalue weighted by atomic mass is 9.99. The number of hydrogen-bond acceptors (Lipinski definition) is 3. The van der Waals surface area contributed by atoms with E-state index in [4.69, 9.17) is 0 Å². The van der Waals surface area contributed by atoms with Gasteiger partial charge in [-0.25, -0.2) is 9.97 Å². The quantitative estimate of drug-likeness (QED) is 0.316. The average molecular weight is 428 g/mol. The summed E-state index contributed by atoms with van der Waals surface area (Å²) in [6.07, 6.45) is 2.65. The van der Waals surface area contributed by atoms with Crippen LogP contribution in [0.5, 0.6) is 0 Å². The molecule has 1 atom stereocenters. The molecule has 4 aromatic carbocycles. The third-order valence-corrected chi connectivity index (χ3v) is 5.99. The minimum absolute atomic E-state index is 0.0843. The summed E-state index contributed by atoms with van der Waals surface area (Å²) in [6.45, 7) is 4.32. The van der Waals surface area contributed by atoms with Gasteiger partial charge in [-0.2, -0.15) is 0 Å². The third-order valence-electron chi connectivity index (χ3n) is 5.99. The molecule has 1 aromatic heterocycles. The van der Waals surface area contributed by atoms with Crippen molar-refractivity contribution >= 4 is 27.5 Å². The molecule has 160 valence electrons. The Hall–Kier alpha value is -4.16. The van der Waals surface area contributed by atoms with Crippen molar-refractivity contribution in [2.24, 2.45) is 0 Å². The van der Waals surface area contributed by atoms with Crippen molar-refractivity contribution < 1.29 is 0 Å². The minimum atomic E-state index is 0.0843. The van der Waals surface area contributed by atoms with Gasteiger partial charge in [0.15, 0.2) is 0 Å². The summed E-state index contributed by atoms with van der Waals surface area (Å²) in [7, 11) is 0. The van der Waals surface area contributed by atoms with Crippen molar-refractivity contribution in [3.8, 4) is 11.8 Å². The van der Waals surface area contributed by atoms with Crippen molar-refractivity contribution in [3.63, 3.8) is 0 Å². The molecule has 0 fully saturated rings. The second-order valence-corrected chi connectivity index (χ2v) is 8.19. The molecule has 0 amide bonds. The molecule has 0 aliphatic heterocycles. The largest absolute Gasteiger partial charge is 0.363 e. The lowest BCUT2D eigenvalue weighted by molar-refractivity contribution is 0.885. The highest BCUT2D eigenvalue weighted by Crippen LogP contribution is 2.29. The van der Waals surface area contributed by atoms with Crippen LogP contribution in [0.2, 0.25) is 0 Å². The number of rotatable bonds is 4. The molecule has 0 radical (unpaired) electrons. The van der Waals surface area contributed by atoms with Crippen molar-refractivity contribution in [2.75, 3.05) is 5.32 Å². The third kappa shape index (κ3) is 4.42. The van der Waals surface area contributed by atoms with Crippen LogP contribution >= 0.6 is 0 Å².